The molecule has 4 aromatic carbocycles. The van der Waals surface area contributed by atoms with Crippen LogP contribution < -0.4 is 20.7 Å². The van der Waals surface area contributed by atoms with Gasteiger partial charge >= 0.3 is 0 Å². The molecule has 0 aliphatic rings. The Morgan fingerprint density at radius 3 is 1.37 bits per heavy atom. The lowest BCUT2D eigenvalue weighted by Gasteiger charge is -2.28. The van der Waals surface area contributed by atoms with Crippen LogP contribution in [-0.2, 0) is 4.79 Å². The van der Waals surface area contributed by atoms with Crippen LogP contribution in [0.15, 0.2) is 121 Å². The molecule has 0 saturated heterocycles. The number of Topliss-reactive ketones (excluding diaryl/α,β-unsaturated/α-hetero) is 1. The quantitative estimate of drug-likeness (QED) is 0.422. The lowest BCUT2D eigenvalue weighted by molar-refractivity contribution is -0.114. The molecule has 4 aromatic rings. The number of carbonyl (C=O) groups is 1. The zero-order valence-corrected chi connectivity index (χ0v) is 17.5. The van der Waals surface area contributed by atoms with E-state index >= 15 is 0 Å². The minimum atomic E-state index is -2.29. The van der Waals surface area contributed by atoms with Crippen LogP contribution in [0.3, 0.4) is 0 Å². The Hall–Kier alpha value is -3.35. The van der Waals surface area contributed by atoms with Crippen LogP contribution in [-0.4, -0.2) is 18.2 Å². The summed E-state index contributed by atoms with van der Waals surface area (Å²) in [5.41, 5.74) is 0. The highest BCUT2D eigenvalue weighted by Crippen LogP contribution is 2.43. The van der Waals surface area contributed by atoms with Crippen LogP contribution in [0, 0.1) is 0 Å². The summed E-state index contributed by atoms with van der Waals surface area (Å²) >= 11 is 0. The second-order valence-electron chi connectivity index (χ2n) is 6.93. The predicted octanol–water partition coefficient (Wildman–Crippen LogP) is 4.43. The van der Waals surface area contributed by atoms with Gasteiger partial charge in [-0.05, 0) is 40.7 Å². The fourth-order valence-electron chi connectivity index (χ4n) is 3.58. The minimum Gasteiger partial charge on any atom is -0.485 e. The van der Waals surface area contributed by atoms with E-state index in [0.717, 1.165) is 15.9 Å². The van der Waals surface area contributed by atoms with Gasteiger partial charge in [-0.3, -0.25) is 4.79 Å². The van der Waals surface area contributed by atoms with Gasteiger partial charge in [0.1, 0.15) is 5.75 Å². The van der Waals surface area contributed by atoms with Gasteiger partial charge in [0.15, 0.2) is 12.4 Å². The Morgan fingerprint density at radius 1 is 0.600 bits per heavy atom. The van der Waals surface area contributed by atoms with Gasteiger partial charge in [-0.15, -0.1) is 0 Å². The molecule has 0 saturated carbocycles. The van der Waals surface area contributed by atoms with Crippen LogP contribution in [0.5, 0.6) is 5.75 Å². The molecule has 0 bridgehead atoms. The van der Waals surface area contributed by atoms with Crippen molar-refractivity contribution >= 4 is 34.4 Å². The third kappa shape index (κ3) is 4.30. The van der Waals surface area contributed by atoms with E-state index in [2.05, 4.69) is 36.4 Å². The van der Waals surface area contributed by atoms with Gasteiger partial charge in [0, 0.05) is 0 Å². The maximum atomic E-state index is 13.2. The molecule has 0 N–H and O–H groups in total. The number of rotatable bonds is 7. The van der Waals surface area contributed by atoms with Crippen LogP contribution >= 0.6 is 6.89 Å². The van der Waals surface area contributed by atoms with Gasteiger partial charge in [0.05, 0.1) is 0 Å². The third-order valence-electron chi connectivity index (χ3n) is 4.95. The molecule has 2 nitrogen and oxygen atoms in total. The Kier molecular flexibility index (Phi) is 6.27. The van der Waals surface area contributed by atoms with Crippen molar-refractivity contribution in [3.63, 3.8) is 0 Å². The van der Waals surface area contributed by atoms with E-state index in [-0.39, 0.29) is 12.4 Å². The van der Waals surface area contributed by atoms with Gasteiger partial charge in [-0.1, -0.05) is 109 Å². The summed E-state index contributed by atoms with van der Waals surface area (Å²) in [6, 6.07) is 40.4. The molecule has 0 fully saturated rings. The van der Waals surface area contributed by atoms with Crippen LogP contribution in [0.25, 0.3) is 0 Å². The fraction of sp³-hybridized carbons (Fsp3) is 0.0370. The van der Waals surface area contributed by atoms with Crippen molar-refractivity contribution in [3.8, 4) is 5.75 Å². The number of carbonyl (C=O) groups excluding carboxylic acids is 1. The minimum absolute atomic E-state index is 0.0122. The van der Waals surface area contributed by atoms with E-state index in [4.69, 9.17) is 4.74 Å². The maximum absolute atomic E-state index is 13.2. The molecule has 0 aliphatic heterocycles. The molecule has 0 heterocycles. The van der Waals surface area contributed by atoms with Crippen molar-refractivity contribution in [1.82, 2.24) is 0 Å². The lowest BCUT2D eigenvalue weighted by Crippen LogP contribution is -2.29. The second kappa shape index (κ2) is 9.43. The Bertz CT molecular complexity index is 1040. The molecule has 148 valence electrons. The molecule has 0 aliphatic carbocycles. The second-order valence-corrected chi connectivity index (χ2v) is 10.2. The molecule has 3 heteroatoms. The molecule has 0 spiro atoms. The molecular formula is C27H23O2P. The topological polar surface area (TPSA) is 26.3 Å². The number of para-hydroxylation sites is 1. The zero-order chi connectivity index (χ0) is 20.7. The van der Waals surface area contributed by atoms with Crippen molar-refractivity contribution < 1.29 is 9.53 Å². The largest absolute Gasteiger partial charge is 0.485 e. The van der Waals surface area contributed by atoms with Gasteiger partial charge in [-0.25, -0.2) is 0 Å². The maximum Gasteiger partial charge on any atom is 0.194 e. The van der Waals surface area contributed by atoms with Gasteiger partial charge in [0.2, 0.25) is 0 Å². The first-order valence-electron chi connectivity index (χ1n) is 9.91. The molecule has 0 amide bonds. The average molecular weight is 410 g/mol. The van der Waals surface area contributed by atoms with E-state index in [0.29, 0.717) is 5.75 Å². The Labute approximate surface area is 177 Å². The normalized spacial score (nSPS) is 10.9. The first-order chi connectivity index (χ1) is 14.8. The smallest absolute Gasteiger partial charge is 0.194 e. The molecular weight excluding hydrogens is 387 g/mol. The Balaban J connectivity index is 1.86. The number of hydrogen-bond acceptors (Lipinski definition) is 2. The van der Waals surface area contributed by atoms with E-state index in [1.165, 1.54) is 0 Å². The standard InChI is InChI=1S/C27H23O2P/c28-23(21-29-24-13-5-1-6-14-24)22-30(25-15-7-2-8-16-25,26-17-9-3-10-18-26)27-19-11-4-12-20-27/h1-20,22H,21H2. The monoisotopic (exact) mass is 410 g/mol. The van der Waals surface area contributed by atoms with Crippen molar-refractivity contribution in [2.24, 2.45) is 0 Å². The first-order valence-corrected chi connectivity index (χ1v) is 11.8. The summed E-state index contributed by atoms with van der Waals surface area (Å²) in [5.74, 6) is 2.58. The number of ketones is 1. The summed E-state index contributed by atoms with van der Waals surface area (Å²) in [6.07, 6.45) is 0. The van der Waals surface area contributed by atoms with Crippen molar-refractivity contribution in [3.05, 3.63) is 121 Å². The number of benzene rings is 4. The van der Waals surface area contributed by atoms with E-state index in [1.54, 1.807) is 0 Å². The summed E-state index contributed by atoms with van der Waals surface area (Å²) in [7, 11) is 0. The molecule has 0 unspecified atom stereocenters. The van der Waals surface area contributed by atoms with Crippen molar-refractivity contribution in [1.29, 1.82) is 0 Å². The molecule has 0 atom stereocenters. The van der Waals surface area contributed by atoms with Crippen LogP contribution in [0.1, 0.15) is 0 Å². The average Bonchev–Trinajstić information content (AvgIpc) is 2.83. The van der Waals surface area contributed by atoms with Gasteiger partial charge in [0.25, 0.3) is 0 Å². The lowest BCUT2D eigenvalue weighted by atomic mass is 10.3. The van der Waals surface area contributed by atoms with E-state index < -0.39 is 6.89 Å². The highest BCUT2D eigenvalue weighted by Gasteiger charge is 2.26. The zero-order valence-electron chi connectivity index (χ0n) is 16.6. The number of ether oxygens (including phenoxy) is 1. The highest BCUT2D eigenvalue weighted by molar-refractivity contribution is 7.95. The fourth-order valence-corrected chi connectivity index (χ4v) is 7.36. The van der Waals surface area contributed by atoms with Gasteiger partial charge < -0.3 is 4.74 Å². The Morgan fingerprint density at radius 2 is 0.967 bits per heavy atom. The summed E-state index contributed by atoms with van der Waals surface area (Å²) in [5, 5.41) is 3.45. The summed E-state index contributed by atoms with van der Waals surface area (Å²) in [6.45, 7) is -2.27. The molecule has 4 rings (SSSR count). The van der Waals surface area contributed by atoms with E-state index in [9.17, 15) is 4.79 Å². The SMILES string of the molecule is O=C(C=P(c1ccccc1)(c1ccccc1)c1ccccc1)COc1ccccc1. The van der Waals surface area contributed by atoms with Crippen molar-refractivity contribution in [2.45, 2.75) is 0 Å². The molecule has 30 heavy (non-hydrogen) atoms. The summed E-state index contributed by atoms with van der Waals surface area (Å²) in [4.78, 5) is 13.2. The summed E-state index contributed by atoms with van der Waals surface area (Å²) < 4.78 is 5.76. The van der Waals surface area contributed by atoms with Crippen LogP contribution in [0.4, 0.5) is 0 Å². The molecule has 0 radical (unpaired) electrons. The predicted molar refractivity (Wildman–Crippen MR) is 128 cm³/mol. The van der Waals surface area contributed by atoms with E-state index in [1.807, 2.05) is 90.7 Å². The van der Waals surface area contributed by atoms with Crippen LogP contribution in [0.2, 0.25) is 0 Å². The third-order valence-corrected chi connectivity index (χ3v) is 8.97. The number of hydrogen-bond donors (Lipinski definition) is 0. The van der Waals surface area contributed by atoms with Crippen molar-refractivity contribution in [2.75, 3.05) is 6.61 Å². The molecule has 0 aromatic heterocycles. The van der Waals surface area contributed by atoms with Gasteiger partial charge in [-0.2, -0.15) is 0 Å². The highest BCUT2D eigenvalue weighted by atomic mass is 31.2. The first kappa shape index (κ1) is 19.9.